The van der Waals surface area contributed by atoms with Gasteiger partial charge in [0.05, 0.1) is 22.1 Å². The summed E-state index contributed by atoms with van der Waals surface area (Å²) < 4.78 is 4.98. The molecule has 0 unspecified atom stereocenters. The molecule has 1 aliphatic heterocycles. The number of hydrogen-bond donors (Lipinski definition) is 0. The second kappa shape index (κ2) is 6.14. The average molecular weight is 240 g/mol. The monoisotopic (exact) mass is 240 g/mol. The molecule has 0 aromatic heterocycles. The number of rotatable bonds is 0. The third-order valence-electron chi connectivity index (χ3n) is 0.222. The van der Waals surface area contributed by atoms with Gasteiger partial charge < -0.3 is 0 Å². The Labute approximate surface area is 74.2 Å². The lowest BCUT2D eigenvalue weighted by Crippen LogP contribution is -1.50. The van der Waals surface area contributed by atoms with Crippen molar-refractivity contribution in [2.45, 2.75) is 0 Å². The summed E-state index contributed by atoms with van der Waals surface area (Å²) in [4.78, 5) is 0. The van der Waals surface area contributed by atoms with Crippen LogP contribution in [0, 0.1) is 0 Å². The van der Waals surface area contributed by atoms with Gasteiger partial charge in [0.2, 0.25) is 0 Å². The van der Waals surface area contributed by atoms with Gasteiger partial charge in [-0.1, -0.05) is 0 Å². The molecule has 0 saturated carbocycles. The van der Waals surface area contributed by atoms with E-state index in [2.05, 4.69) is 0 Å². The van der Waals surface area contributed by atoms with Crippen LogP contribution < -0.4 is 0 Å². The summed E-state index contributed by atoms with van der Waals surface area (Å²) >= 11 is 2.83. The first kappa shape index (κ1) is 8.51. The molecule has 0 aromatic carbocycles. The fourth-order valence-electron chi connectivity index (χ4n) is 0.0907. The molecule has 48 valence electrons. The first-order valence-electron chi connectivity index (χ1n) is 1.33. The maximum Gasteiger partial charge on any atom is 0.0913 e. The van der Waals surface area contributed by atoms with Crippen molar-refractivity contribution in [2.75, 3.05) is 0 Å². The van der Waals surface area contributed by atoms with Crippen LogP contribution in [0.15, 0.2) is 0 Å². The van der Waals surface area contributed by atoms with Crippen LogP contribution in [0.2, 0.25) is 0 Å². The topological polar surface area (TPSA) is 9.23 Å². The van der Waals surface area contributed by atoms with Crippen molar-refractivity contribution >= 4 is 71.3 Å². The molecular formula is OS7. The van der Waals surface area contributed by atoms with Crippen LogP contribution in [0.5, 0.6) is 0 Å². The van der Waals surface area contributed by atoms with Crippen LogP contribution in [-0.2, 0) is 3.63 Å². The van der Waals surface area contributed by atoms with E-state index in [9.17, 15) is 0 Å². The molecule has 0 spiro atoms. The first-order valence-corrected chi connectivity index (χ1v) is 10.00. The van der Waals surface area contributed by atoms with E-state index in [-0.39, 0.29) is 0 Å². The van der Waals surface area contributed by atoms with Gasteiger partial charge in [-0.15, -0.1) is 0 Å². The van der Waals surface area contributed by atoms with Gasteiger partial charge >= 0.3 is 0 Å². The lowest BCUT2D eigenvalue weighted by atomic mass is 15.9. The van der Waals surface area contributed by atoms with E-state index in [1.165, 1.54) is 22.1 Å². The van der Waals surface area contributed by atoms with Crippen LogP contribution in [0.4, 0.5) is 0 Å². The normalized spacial score (nSPS) is 24.0. The zero-order valence-electron chi connectivity index (χ0n) is 3.27. The van der Waals surface area contributed by atoms with Crippen molar-refractivity contribution in [1.29, 1.82) is 0 Å². The van der Waals surface area contributed by atoms with Crippen molar-refractivity contribution in [3.05, 3.63) is 0 Å². The van der Waals surface area contributed by atoms with Gasteiger partial charge in [-0.2, -0.15) is 0 Å². The Bertz CT molecular complexity index is 28.3. The van der Waals surface area contributed by atoms with Crippen LogP contribution >= 0.6 is 71.3 Å². The zero-order valence-corrected chi connectivity index (χ0v) is 8.98. The molecule has 1 saturated heterocycles. The molecule has 8 heavy (non-hydrogen) atoms. The van der Waals surface area contributed by atoms with Crippen molar-refractivity contribution in [3.63, 3.8) is 0 Å². The third-order valence-corrected chi connectivity index (χ3v) is 12.0. The zero-order chi connectivity index (χ0) is 5.66. The minimum Gasteiger partial charge on any atom is -0.223 e. The van der Waals surface area contributed by atoms with Crippen molar-refractivity contribution in [1.82, 2.24) is 0 Å². The Kier molecular flexibility index (Phi) is 6.53. The predicted molar refractivity (Wildman–Crippen MR) is 54.2 cm³/mol. The van der Waals surface area contributed by atoms with Gasteiger partial charge in [-0.25, -0.2) is 3.63 Å². The Balaban J connectivity index is 2.00. The summed E-state index contributed by atoms with van der Waals surface area (Å²) in [5.74, 6) is 0. The predicted octanol–water partition coefficient (Wildman–Crippen LogP) is 4.47. The molecule has 0 aromatic rings. The Morgan fingerprint density at radius 3 is 1.75 bits per heavy atom. The molecule has 1 aliphatic rings. The van der Waals surface area contributed by atoms with Gasteiger partial charge in [-0.05, 0) is 0 Å². The highest BCUT2D eigenvalue weighted by atomic mass is 33.9. The van der Waals surface area contributed by atoms with Crippen LogP contribution in [0.25, 0.3) is 0 Å². The lowest BCUT2D eigenvalue weighted by Gasteiger charge is -2.00. The minimum atomic E-state index is 1.42. The van der Waals surface area contributed by atoms with E-state index < -0.39 is 0 Å². The molecule has 0 N–H and O–H groups in total. The molecule has 8 heteroatoms. The van der Waals surface area contributed by atoms with E-state index in [1.807, 2.05) is 0 Å². The molecule has 1 rings (SSSR count). The second-order valence-electron chi connectivity index (χ2n) is 0.544. The summed E-state index contributed by atoms with van der Waals surface area (Å²) in [5.41, 5.74) is 0. The number of hydrogen-bond acceptors (Lipinski definition) is 8. The molecule has 0 bridgehead atoms. The SMILES string of the molecule is O1SSSSSSS1. The van der Waals surface area contributed by atoms with Gasteiger partial charge in [0.25, 0.3) is 0 Å². The highest BCUT2D eigenvalue weighted by molar-refractivity contribution is 9.46. The van der Waals surface area contributed by atoms with Crippen LogP contribution in [0.3, 0.4) is 0 Å². The molecule has 1 nitrogen and oxygen atoms in total. The van der Waals surface area contributed by atoms with Crippen LogP contribution in [-0.4, -0.2) is 0 Å². The fourth-order valence-corrected chi connectivity index (χ4v) is 12.9. The maximum absolute atomic E-state index is 4.98. The van der Waals surface area contributed by atoms with Crippen molar-refractivity contribution in [2.24, 2.45) is 0 Å². The van der Waals surface area contributed by atoms with E-state index in [0.29, 0.717) is 0 Å². The highest BCUT2D eigenvalue weighted by Gasteiger charge is 2.01. The molecule has 0 atom stereocenters. The summed E-state index contributed by atoms with van der Waals surface area (Å²) in [6.07, 6.45) is 0. The van der Waals surface area contributed by atoms with Crippen molar-refractivity contribution < 1.29 is 3.63 Å². The molecular weight excluding hydrogens is 240 g/mol. The van der Waals surface area contributed by atoms with E-state index in [1.54, 1.807) is 49.1 Å². The Hall–Kier alpha value is 2.41. The third kappa shape index (κ3) is 4.26. The lowest BCUT2D eigenvalue weighted by molar-refractivity contribution is 0.785. The summed E-state index contributed by atoms with van der Waals surface area (Å²) in [5, 5.41) is 0. The average Bonchev–Trinajstić information content (AvgIpc) is 1.62. The van der Waals surface area contributed by atoms with Gasteiger partial charge in [0.1, 0.15) is 0 Å². The summed E-state index contributed by atoms with van der Waals surface area (Å²) in [7, 11) is 8.52. The molecule has 1 fully saturated rings. The van der Waals surface area contributed by atoms with Crippen molar-refractivity contribution in [3.8, 4) is 0 Å². The largest absolute Gasteiger partial charge is 0.223 e. The minimum absolute atomic E-state index is 1.42. The molecule has 0 radical (unpaired) electrons. The van der Waals surface area contributed by atoms with E-state index in [4.69, 9.17) is 3.63 Å². The van der Waals surface area contributed by atoms with Crippen LogP contribution in [0.1, 0.15) is 0 Å². The Morgan fingerprint density at radius 2 is 1.12 bits per heavy atom. The second-order valence-corrected chi connectivity index (χ2v) is 11.0. The molecule has 0 aliphatic carbocycles. The Morgan fingerprint density at radius 1 is 0.625 bits per heavy atom. The quantitative estimate of drug-likeness (QED) is 0.447. The van der Waals surface area contributed by atoms with Gasteiger partial charge in [-0.3, -0.25) is 0 Å². The summed E-state index contributed by atoms with van der Waals surface area (Å²) in [6.45, 7) is 0. The van der Waals surface area contributed by atoms with E-state index in [0.717, 1.165) is 0 Å². The smallest absolute Gasteiger partial charge is 0.0913 e. The fraction of sp³-hybridized carbons (Fsp3) is 0. The molecule has 0 amide bonds. The standard InChI is InChI=1S/OS7/c1-2-4-6-8-7-5-3-1. The first-order chi connectivity index (χ1) is 4.00. The molecule has 1 heterocycles. The van der Waals surface area contributed by atoms with Gasteiger partial charge in [0.15, 0.2) is 0 Å². The summed E-state index contributed by atoms with van der Waals surface area (Å²) in [6, 6.07) is 0. The highest BCUT2D eigenvalue weighted by Crippen LogP contribution is 2.59. The van der Waals surface area contributed by atoms with Gasteiger partial charge in [0, 0.05) is 49.1 Å². The van der Waals surface area contributed by atoms with E-state index >= 15 is 0 Å². The maximum atomic E-state index is 4.98.